The summed E-state index contributed by atoms with van der Waals surface area (Å²) in [5.41, 5.74) is 1.39. The van der Waals surface area contributed by atoms with Crippen molar-refractivity contribution < 1.29 is 43.4 Å². The number of fused-ring (bicyclic) bond motifs is 3. The molecule has 0 radical (unpaired) electrons. The minimum atomic E-state index is -0.727. The minimum Gasteiger partial charge on any atom is -0.508 e. The molecule has 4 amide bonds. The summed E-state index contributed by atoms with van der Waals surface area (Å²) in [6.45, 7) is 14.6. The summed E-state index contributed by atoms with van der Waals surface area (Å²) >= 11 is 12.3. The molecular weight excluding hydrogens is 936 g/mol. The maximum absolute atomic E-state index is 13.5. The number of aromatic nitrogens is 3. The van der Waals surface area contributed by atoms with Crippen LogP contribution in [0, 0.1) is 23.2 Å². The number of amides is 4. The van der Waals surface area contributed by atoms with E-state index in [1.54, 1.807) is 67.6 Å². The largest absolute Gasteiger partial charge is 0.508 e. The molecule has 368 valence electrons. The molecule has 5 aromatic rings. The molecule has 0 bridgehead atoms. The van der Waals surface area contributed by atoms with Crippen molar-refractivity contribution in [3.05, 3.63) is 111 Å². The lowest BCUT2D eigenvalue weighted by Crippen LogP contribution is -2.52. The predicted octanol–water partition coefficient (Wildman–Crippen LogP) is 8.26. The molecule has 5 atom stereocenters. The van der Waals surface area contributed by atoms with Crippen LogP contribution in [0.3, 0.4) is 0 Å². The average molecular weight is 995 g/mol. The van der Waals surface area contributed by atoms with E-state index in [2.05, 4.69) is 59.2 Å². The number of phenolic OH excluding ortho intramolecular Hbond substituents is 2. The second-order valence-electron chi connectivity index (χ2n) is 19.6. The van der Waals surface area contributed by atoms with Crippen LogP contribution in [0.15, 0.2) is 78.9 Å². The summed E-state index contributed by atoms with van der Waals surface area (Å²) in [6, 6.07) is 21.1. The smallest absolute Gasteiger partial charge is 0.481 e. The highest BCUT2D eigenvalue weighted by atomic mass is 35.5. The zero-order valence-electron chi connectivity index (χ0n) is 40.1. The van der Waals surface area contributed by atoms with E-state index in [1.807, 2.05) is 13.8 Å². The van der Waals surface area contributed by atoms with Gasteiger partial charge in [0.05, 0.1) is 40.3 Å². The monoisotopic (exact) mass is 993 g/mol. The van der Waals surface area contributed by atoms with Crippen LogP contribution in [0.1, 0.15) is 111 Å². The van der Waals surface area contributed by atoms with Gasteiger partial charge in [0.1, 0.15) is 23.0 Å². The molecule has 70 heavy (non-hydrogen) atoms. The second kappa shape index (κ2) is 20.3. The Morgan fingerprint density at radius 1 is 0.871 bits per heavy atom. The summed E-state index contributed by atoms with van der Waals surface area (Å²) < 4.78 is 21.3. The molecule has 2 heterocycles. The second-order valence-corrected chi connectivity index (χ2v) is 20.4. The zero-order valence-corrected chi connectivity index (χ0v) is 41.7. The number of hydrogen-bond donors (Lipinski definition) is 6. The lowest BCUT2D eigenvalue weighted by atomic mass is 9.73. The van der Waals surface area contributed by atoms with Crippen molar-refractivity contribution in [2.45, 2.75) is 91.3 Å². The van der Waals surface area contributed by atoms with Crippen molar-refractivity contribution in [1.29, 1.82) is 0 Å². The molecule has 1 aromatic heterocycles. The molecule has 1 saturated heterocycles. The molecule has 16 nitrogen and oxygen atoms in total. The molecule has 6 N–H and O–H groups in total. The third-order valence-corrected chi connectivity index (χ3v) is 14.2. The number of ether oxygens (including phenoxy) is 1. The maximum atomic E-state index is 13.5. The Morgan fingerprint density at radius 3 is 2.24 bits per heavy atom. The third-order valence-electron chi connectivity index (χ3n) is 13.7. The Morgan fingerprint density at radius 2 is 1.57 bits per heavy atom. The Hall–Kier alpha value is -6.14. The van der Waals surface area contributed by atoms with E-state index in [1.165, 1.54) is 22.8 Å². The van der Waals surface area contributed by atoms with Crippen LogP contribution in [0.25, 0.3) is 17.1 Å². The predicted molar refractivity (Wildman–Crippen MR) is 266 cm³/mol. The summed E-state index contributed by atoms with van der Waals surface area (Å²) in [5.74, 6) is -0.466. The number of phenols is 2. The Labute approximate surface area is 417 Å². The number of halogens is 2. The number of rotatable bonds is 18. The van der Waals surface area contributed by atoms with E-state index >= 15 is 0 Å². The van der Waals surface area contributed by atoms with Crippen molar-refractivity contribution in [2.75, 3.05) is 19.6 Å². The summed E-state index contributed by atoms with van der Waals surface area (Å²) in [7, 11) is -0.727. The van der Waals surface area contributed by atoms with Gasteiger partial charge >= 0.3 is 7.12 Å². The van der Waals surface area contributed by atoms with Gasteiger partial charge in [0, 0.05) is 35.4 Å². The van der Waals surface area contributed by atoms with Crippen LogP contribution >= 0.6 is 23.2 Å². The Balaban J connectivity index is 0.899. The zero-order chi connectivity index (χ0) is 50.2. The van der Waals surface area contributed by atoms with E-state index in [9.17, 15) is 29.4 Å². The van der Waals surface area contributed by atoms with Crippen LogP contribution < -0.4 is 26.0 Å². The molecule has 19 heteroatoms. The molecule has 0 spiro atoms. The molecule has 4 aromatic carbocycles. The number of hydrogen-bond acceptors (Lipinski definition) is 11. The van der Waals surface area contributed by atoms with Crippen molar-refractivity contribution >= 4 is 53.9 Å². The van der Waals surface area contributed by atoms with E-state index in [0.717, 1.165) is 6.42 Å². The number of nitrogens with zero attached hydrogens (tertiary/aromatic N) is 3. The molecule has 1 aliphatic heterocycles. The first-order valence-corrected chi connectivity index (χ1v) is 24.4. The first-order chi connectivity index (χ1) is 33.3. The molecule has 2 saturated carbocycles. The Bertz CT molecular complexity index is 2790. The van der Waals surface area contributed by atoms with Crippen molar-refractivity contribution in [1.82, 2.24) is 36.0 Å². The first-order valence-electron chi connectivity index (χ1n) is 23.6. The highest BCUT2D eigenvalue weighted by Crippen LogP contribution is 2.74. The number of carbonyl (C=O) groups excluding carboxylic acids is 4. The summed E-state index contributed by atoms with van der Waals surface area (Å²) in [6.07, 6.45) is 1.68. The highest BCUT2D eigenvalue weighted by Gasteiger charge is 2.77. The van der Waals surface area contributed by atoms with Gasteiger partial charge in [-0.05, 0) is 134 Å². The van der Waals surface area contributed by atoms with E-state index < -0.39 is 36.4 Å². The van der Waals surface area contributed by atoms with Gasteiger partial charge < -0.3 is 45.5 Å². The van der Waals surface area contributed by atoms with E-state index in [0.29, 0.717) is 70.7 Å². The van der Waals surface area contributed by atoms with Gasteiger partial charge in [-0.15, -0.1) is 10.2 Å². The quantitative estimate of drug-likeness (QED) is 0.0460. The number of nitrogens with one attached hydrogen (secondary N) is 4. The lowest BCUT2D eigenvalue weighted by Gasteiger charge is -2.34. The average Bonchev–Trinajstić information content (AvgIpc) is 3.70. The SMILES string of the molecule is CCNC(=O)c1nnc(-c2cc(C(C)C)c(O)cc2O)n1-c1ccc(Oc2ccc(C(=O)NCC[C@]34OB([C@@H](CC(C)C)NC(=O)CNC(=O)c5cc(Cl)ccc5Cl)O[C@H]3CC3[C@H]4C3(C)C)cc2)cc1. The fourth-order valence-electron chi connectivity index (χ4n) is 10.3. The summed E-state index contributed by atoms with van der Waals surface area (Å²) in [5, 5.41) is 41.9. The van der Waals surface area contributed by atoms with Crippen molar-refractivity contribution in [2.24, 2.45) is 23.2 Å². The normalized spacial score (nSPS) is 20.2. The number of aromatic hydroxyl groups is 2. The van der Waals surface area contributed by atoms with Crippen LogP contribution in [0.5, 0.6) is 23.0 Å². The number of benzene rings is 4. The molecular formula is C51H58BCl2N7O9. The van der Waals surface area contributed by atoms with Crippen LogP contribution in [0.2, 0.25) is 10.0 Å². The molecule has 3 aliphatic rings. The first kappa shape index (κ1) is 50.3. The van der Waals surface area contributed by atoms with Crippen LogP contribution in [-0.2, 0) is 14.1 Å². The van der Waals surface area contributed by atoms with Crippen LogP contribution in [-0.4, -0.2) is 93.0 Å². The Kier molecular flexibility index (Phi) is 14.6. The van der Waals surface area contributed by atoms with Gasteiger partial charge in [0.25, 0.3) is 17.7 Å². The third kappa shape index (κ3) is 10.2. The van der Waals surface area contributed by atoms with Gasteiger partial charge in [-0.1, -0.05) is 64.7 Å². The van der Waals surface area contributed by atoms with Gasteiger partial charge in [0.2, 0.25) is 11.7 Å². The number of carbonyl (C=O) groups is 4. The molecule has 2 aliphatic carbocycles. The van der Waals surface area contributed by atoms with Gasteiger partial charge in [-0.2, -0.15) is 0 Å². The van der Waals surface area contributed by atoms with Crippen molar-refractivity contribution in [3.8, 4) is 40.1 Å². The molecule has 3 fully saturated rings. The topological polar surface area (TPSA) is 215 Å². The van der Waals surface area contributed by atoms with Gasteiger partial charge in [-0.3, -0.25) is 23.7 Å². The van der Waals surface area contributed by atoms with Crippen molar-refractivity contribution in [3.63, 3.8) is 0 Å². The molecule has 8 rings (SSSR count). The van der Waals surface area contributed by atoms with Gasteiger partial charge in [-0.25, -0.2) is 0 Å². The van der Waals surface area contributed by atoms with E-state index in [-0.39, 0.29) is 75.5 Å². The summed E-state index contributed by atoms with van der Waals surface area (Å²) in [4.78, 5) is 52.8. The lowest BCUT2D eigenvalue weighted by molar-refractivity contribution is -0.120. The maximum Gasteiger partial charge on any atom is 0.481 e. The highest BCUT2D eigenvalue weighted by molar-refractivity contribution is 6.48. The standard InChI is InChI=1S/C51H58BCl2N7O9/c1-8-55-49(67)46-60-59-45(36-23-34(28(4)5)39(62)25-40(36)63)61(46)31-12-16-33(17-13-31)68-32-14-9-29(10-15-32)47(65)56-20-19-51-41(24-37-44(51)50(37,6)7)69-52(70-51)42(21-27(2)3)58-43(64)26-57-48(66)35-22-30(53)11-18-38(35)54/h9-18,22-23,25,27-28,37,41-42,44,62-63H,8,19-21,24,26H2,1-7H3,(H,55,67)(H,56,65)(H,57,66)(H,58,64)/t37?,41-,42+,44-,51-/m0/s1. The fourth-order valence-corrected chi connectivity index (χ4v) is 10.6. The van der Waals surface area contributed by atoms with E-state index in [4.69, 9.17) is 37.2 Å². The van der Waals surface area contributed by atoms with Crippen LogP contribution in [0.4, 0.5) is 0 Å². The molecule has 1 unspecified atom stereocenters. The van der Waals surface area contributed by atoms with Gasteiger partial charge in [0.15, 0.2) is 5.82 Å². The fraction of sp³-hybridized carbons (Fsp3) is 0.412. The minimum absolute atomic E-state index is 0.00787.